The van der Waals surface area contributed by atoms with Gasteiger partial charge in [-0.1, -0.05) is 44.9 Å². The molecular formula is C25H28N4O3. The summed E-state index contributed by atoms with van der Waals surface area (Å²) >= 11 is 0. The number of amides is 1. The van der Waals surface area contributed by atoms with Crippen molar-refractivity contribution in [1.29, 1.82) is 0 Å². The van der Waals surface area contributed by atoms with Gasteiger partial charge in [-0.2, -0.15) is 5.10 Å². The monoisotopic (exact) mass is 432 g/mol. The first kappa shape index (κ1) is 21.7. The van der Waals surface area contributed by atoms with E-state index in [9.17, 15) is 9.59 Å². The molecule has 1 saturated carbocycles. The largest absolute Gasteiger partial charge is 0.452 e. The number of para-hydroxylation sites is 1. The van der Waals surface area contributed by atoms with E-state index in [0.29, 0.717) is 23.1 Å². The number of nitrogens with zero attached hydrogens (tertiary/aromatic N) is 3. The second-order valence-electron chi connectivity index (χ2n) is 8.43. The maximum atomic E-state index is 12.9. The van der Waals surface area contributed by atoms with Gasteiger partial charge in [0.2, 0.25) is 0 Å². The molecule has 1 fully saturated rings. The first-order chi connectivity index (χ1) is 15.5. The van der Waals surface area contributed by atoms with Gasteiger partial charge in [-0.25, -0.2) is 9.48 Å². The van der Waals surface area contributed by atoms with Crippen molar-refractivity contribution in [3.63, 3.8) is 0 Å². The Morgan fingerprint density at radius 1 is 1.12 bits per heavy atom. The van der Waals surface area contributed by atoms with Gasteiger partial charge in [0.1, 0.15) is 11.3 Å². The van der Waals surface area contributed by atoms with Gasteiger partial charge in [0.15, 0.2) is 6.61 Å². The average molecular weight is 433 g/mol. The van der Waals surface area contributed by atoms with Crippen LogP contribution in [-0.2, 0) is 9.53 Å². The Bertz CT molecular complexity index is 1070. The van der Waals surface area contributed by atoms with Gasteiger partial charge >= 0.3 is 5.97 Å². The molecule has 7 heteroatoms. The molecule has 3 aromatic rings. The lowest BCUT2D eigenvalue weighted by Crippen LogP contribution is -2.45. The van der Waals surface area contributed by atoms with Crippen LogP contribution in [-0.4, -0.2) is 39.3 Å². The van der Waals surface area contributed by atoms with Gasteiger partial charge in [-0.05, 0) is 42.5 Å². The number of rotatable bonds is 6. The number of nitrogens with one attached hydrogen (secondary N) is 1. The second kappa shape index (κ2) is 9.77. The minimum Gasteiger partial charge on any atom is -0.452 e. The lowest BCUT2D eigenvalue weighted by Gasteiger charge is -2.34. The van der Waals surface area contributed by atoms with Crippen molar-refractivity contribution in [2.45, 2.75) is 39.2 Å². The predicted molar refractivity (Wildman–Crippen MR) is 121 cm³/mol. The Labute approximate surface area is 187 Å². The molecule has 3 unspecified atom stereocenters. The van der Waals surface area contributed by atoms with Crippen LogP contribution in [0.15, 0.2) is 61.1 Å². The topological polar surface area (TPSA) is 86.1 Å². The van der Waals surface area contributed by atoms with Crippen LogP contribution in [0.4, 0.5) is 0 Å². The molecule has 166 valence electrons. The molecule has 1 aliphatic rings. The number of benzene rings is 1. The third-order valence-electron chi connectivity index (χ3n) is 6.28. The molecule has 2 heterocycles. The smallest absolute Gasteiger partial charge is 0.342 e. The summed E-state index contributed by atoms with van der Waals surface area (Å²) in [4.78, 5) is 29.5. The maximum absolute atomic E-state index is 12.9. The maximum Gasteiger partial charge on any atom is 0.342 e. The fraction of sp³-hybridized carbons (Fsp3) is 0.360. The van der Waals surface area contributed by atoms with Crippen LogP contribution in [0, 0.1) is 11.8 Å². The number of carbonyl (C=O) groups excluding carboxylic acids is 2. The SMILES string of the molecule is CC1CCCC(NC(=O)COC(=O)c2cn(-c3ccccc3)nc2-c2cccnc2)C1C. The molecule has 0 aliphatic heterocycles. The Kier molecular flexibility index (Phi) is 6.63. The molecule has 1 aromatic carbocycles. The van der Waals surface area contributed by atoms with Gasteiger partial charge in [0.05, 0.1) is 5.69 Å². The number of pyridine rings is 1. The lowest BCUT2D eigenvalue weighted by atomic mass is 9.78. The highest BCUT2D eigenvalue weighted by Crippen LogP contribution is 2.29. The molecule has 1 amide bonds. The summed E-state index contributed by atoms with van der Waals surface area (Å²) in [5, 5.41) is 7.62. The van der Waals surface area contributed by atoms with Gasteiger partial charge < -0.3 is 10.1 Å². The van der Waals surface area contributed by atoms with Crippen molar-refractivity contribution >= 4 is 11.9 Å². The van der Waals surface area contributed by atoms with E-state index in [4.69, 9.17) is 4.74 Å². The van der Waals surface area contributed by atoms with E-state index in [2.05, 4.69) is 29.2 Å². The molecule has 0 radical (unpaired) electrons. The fourth-order valence-electron chi connectivity index (χ4n) is 4.20. The molecule has 0 bridgehead atoms. The molecule has 4 rings (SSSR count). The van der Waals surface area contributed by atoms with Gasteiger partial charge in [0, 0.05) is 30.2 Å². The van der Waals surface area contributed by atoms with E-state index in [-0.39, 0.29) is 24.1 Å². The van der Waals surface area contributed by atoms with Crippen LogP contribution in [0.25, 0.3) is 16.9 Å². The summed E-state index contributed by atoms with van der Waals surface area (Å²) in [6.45, 7) is 4.06. The number of esters is 1. The summed E-state index contributed by atoms with van der Waals surface area (Å²) in [6.07, 6.45) is 8.18. The van der Waals surface area contributed by atoms with E-state index in [1.165, 1.54) is 6.42 Å². The fourth-order valence-corrected chi connectivity index (χ4v) is 4.20. The zero-order valence-corrected chi connectivity index (χ0v) is 18.4. The van der Waals surface area contributed by atoms with Crippen molar-refractivity contribution in [1.82, 2.24) is 20.1 Å². The lowest BCUT2D eigenvalue weighted by molar-refractivity contribution is -0.125. The third-order valence-corrected chi connectivity index (χ3v) is 6.28. The van der Waals surface area contributed by atoms with Gasteiger partial charge in [0.25, 0.3) is 5.91 Å². The highest BCUT2D eigenvalue weighted by molar-refractivity contribution is 5.97. The van der Waals surface area contributed by atoms with E-state index in [1.807, 2.05) is 36.4 Å². The number of carbonyl (C=O) groups is 2. The van der Waals surface area contributed by atoms with E-state index in [1.54, 1.807) is 29.3 Å². The Morgan fingerprint density at radius 2 is 1.94 bits per heavy atom. The van der Waals surface area contributed by atoms with Crippen molar-refractivity contribution in [2.75, 3.05) is 6.61 Å². The van der Waals surface area contributed by atoms with E-state index < -0.39 is 5.97 Å². The van der Waals surface area contributed by atoms with Crippen LogP contribution in [0.1, 0.15) is 43.5 Å². The first-order valence-corrected chi connectivity index (χ1v) is 11.0. The first-order valence-electron chi connectivity index (χ1n) is 11.0. The van der Waals surface area contributed by atoms with Gasteiger partial charge in [-0.15, -0.1) is 0 Å². The van der Waals surface area contributed by atoms with Crippen molar-refractivity contribution in [2.24, 2.45) is 11.8 Å². The minimum absolute atomic E-state index is 0.122. The summed E-state index contributed by atoms with van der Waals surface area (Å²) in [6, 6.07) is 13.2. The van der Waals surface area contributed by atoms with Crippen LogP contribution >= 0.6 is 0 Å². The summed E-state index contributed by atoms with van der Waals surface area (Å²) < 4.78 is 7.01. The Balaban J connectivity index is 1.49. The van der Waals surface area contributed by atoms with Gasteiger partial charge in [-0.3, -0.25) is 9.78 Å². The molecule has 0 spiro atoms. The zero-order valence-electron chi connectivity index (χ0n) is 18.4. The van der Waals surface area contributed by atoms with Crippen LogP contribution < -0.4 is 5.32 Å². The molecular weight excluding hydrogens is 404 g/mol. The van der Waals surface area contributed by atoms with Crippen molar-refractivity contribution < 1.29 is 14.3 Å². The molecule has 32 heavy (non-hydrogen) atoms. The van der Waals surface area contributed by atoms with E-state index in [0.717, 1.165) is 18.5 Å². The number of hydrogen-bond acceptors (Lipinski definition) is 5. The number of aromatic nitrogens is 3. The quantitative estimate of drug-likeness (QED) is 0.595. The molecule has 1 N–H and O–H groups in total. The second-order valence-corrected chi connectivity index (χ2v) is 8.43. The highest BCUT2D eigenvalue weighted by atomic mass is 16.5. The number of hydrogen-bond donors (Lipinski definition) is 1. The minimum atomic E-state index is -0.591. The summed E-state index contributed by atoms with van der Waals surface area (Å²) in [5.41, 5.74) is 2.26. The Morgan fingerprint density at radius 3 is 2.69 bits per heavy atom. The van der Waals surface area contributed by atoms with Crippen LogP contribution in [0.5, 0.6) is 0 Å². The molecule has 7 nitrogen and oxygen atoms in total. The van der Waals surface area contributed by atoms with Crippen molar-refractivity contribution in [3.8, 4) is 16.9 Å². The predicted octanol–water partition coefficient (Wildman–Crippen LogP) is 4.03. The summed E-state index contributed by atoms with van der Waals surface area (Å²) in [7, 11) is 0. The number of ether oxygens (including phenoxy) is 1. The third kappa shape index (κ3) is 4.88. The highest BCUT2D eigenvalue weighted by Gasteiger charge is 2.28. The molecule has 0 saturated heterocycles. The van der Waals surface area contributed by atoms with Crippen molar-refractivity contribution in [3.05, 3.63) is 66.6 Å². The molecule has 2 aromatic heterocycles. The van der Waals surface area contributed by atoms with Crippen LogP contribution in [0.2, 0.25) is 0 Å². The Hall–Kier alpha value is -3.48. The van der Waals surface area contributed by atoms with Crippen LogP contribution in [0.3, 0.4) is 0 Å². The van der Waals surface area contributed by atoms with E-state index >= 15 is 0 Å². The summed E-state index contributed by atoms with van der Waals surface area (Å²) in [5.74, 6) is 0.112. The molecule has 1 aliphatic carbocycles. The normalized spacial score (nSPS) is 20.5. The standard InChI is InChI=1S/C25H28N4O3/c1-17-8-6-12-22(18(17)2)27-23(30)16-32-25(31)21-15-29(20-10-4-3-5-11-20)28-24(21)19-9-7-13-26-14-19/h3-5,7,9-11,13-15,17-18,22H,6,8,12,16H2,1-2H3,(H,27,30). The zero-order chi connectivity index (χ0) is 22.5. The molecule has 3 atom stereocenters. The average Bonchev–Trinajstić information content (AvgIpc) is 3.27.